The topological polar surface area (TPSA) is 37.8 Å². The third kappa shape index (κ3) is 3.17. The van der Waals surface area contributed by atoms with E-state index in [0.29, 0.717) is 21.5 Å². The monoisotopic (exact) mass is 323 g/mol. The normalized spacial score (nSPS) is 10.6. The molecule has 0 aliphatic rings. The largest absolute Gasteiger partial charge is 0.330 e. The summed E-state index contributed by atoms with van der Waals surface area (Å²) in [5.74, 6) is -1.77. The van der Waals surface area contributed by atoms with Crippen LogP contribution >= 0.6 is 22.9 Å². The fourth-order valence-corrected chi connectivity index (χ4v) is 2.54. The van der Waals surface area contributed by atoms with Crippen molar-refractivity contribution in [2.45, 2.75) is 0 Å². The first-order chi connectivity index (χ1) is 10.1. The summed E-state index contributed by atoms with van der Waals surface area (Å²) in [6.45, 7) is 0. The Bertz CT molecular complexity index is 774. The van der Waals surface area contributed by atoms with Crippen LogP contribution in [0.25, 0.3) is 11.3 Å². The van der Waals surface area contributed by atoms with Crippen molar-refractivity contribution in [1.82, 2.24) is 9.97 Å². The first-order valence-electron chi connectivity index (χ1n) is 5.91. The number of pyridine rings is 1. The second kappa shape index (κ2) is 5.75. The lowest BCUT2D eigenvalue weighted by molar-refractivity contribution is 0.509. The highest BCUT2D eigenvalue weighted by molar-refractivity contribution is 7.14. The van der Waals surface area contributed by atoms with Crippen LogP contribution < -0.4 is 5.32 Å². The van der Waals surface area contributed by atoms with Crippen LogP contribution in [0.2, 0.25) is 5.15 Å². The van der Waals surface area contributed by atoms with E-state index in [2.05, 4.69) is 15.3 Å². The smallest absolute Gasteiger partial charge is 0.187 e. The van der Waals surface area contributed by atoms with Crippen molar-refractivity contribution in [3.05, 3.63) is 58.7 Å². The molecule has 1 N–H and O–H groups in total. The molecular formula is C14H8ClF2N3S. The molecule has 0 aliphatic heterocycles. The Labute approximate surface area is 128 Å². The number of anilines is 2. The fraction of sp³-hybridized carbons (Fsp3) is 0. The number of thiazole rings is 1. The Balaban J connectivity index is 1.82. The van der Waals surface area contributed by atoms with Crippen molar-refractivity contribution < 1.29 is 8.78 Å². The van der Waals surface area contributed by atoms with Gasteiger partial charge in [0.2, 0.25) is 0 Å². The number of nitrogens with zero attached hydrogens (tertiary/aromatic N) is 2. The highest BCUT2D eigenvalue weighted by atomic mass is 35.5. The number of rotatable bonds is 3. The number of hydrogen-bond acceptors (Lipinski definition) is 4. The van der Waals surface area contributed by atoms with Gasteiger partial charge in [0.25, 0.3) is 0 Å². The minimum Gasteiger partial charge on any atom is -0.330 e. The van der Waals surface area contributed by atoms with Gasteiger partial charge in [0.1, 0.15) is 5.15 Å². The summed E-state index contributed by atoms with van der Waals surface area (Å²) in [6, 6.07) is 7.13. The van der Waals surface area contributed by atoms with E-state index in [1.54, 1.807) is 23.7 Å². The number of benzene rings is 1. The first-order valence-corrected chi connectivity index (χ1v) is 7.17. The average Bonchev–Trinajstić information content (AvgIpc) is 2.93. The number of hydrogen-bond donors (Lipinski definition) is 1. The molecule has 0 aliphatic carbocycles. The minimum atomic E-state index is -0.892. The third-order valence-electron chi connectivity index (χ3n) is 2.70. The Kier molecular flexibility index (Phi) is 3.81. The molecule has 3 rings (SSSR count). The van der Waals surface area contributed by atoms with Crippen molar-refractivity contribution >= 4 is 33.8 Å². The molecule has 0 fully saturated rings. The van der Waals surface area contributed by atoms with Crippen LogP contribution in [0.1, 0.15) is 0 Å². The molecule has 2 heterocycles. The Hall–Kier alpha value is -2.05. The van der Waals surface area contributed by atoms with E-state index in [-0.39, 0.29) is 0 Å². The van der Waals surface area contributed by atoms with Gasteiger partial charge in [-0.25, -0.2) is 18.7 Å². The van der Waals surface area contributed by atoms with Gasteiger partial charge in [0, 0.05) is 10.9 Å². The van der Waals surface area contributed by atoms with Gasteiger partial charge in [-0.2, -0.15) is 0 Å². The first kappa shape index (κ1) is 13.9. The second-order valence-electron chi connectivity index (χ2n) is 4.16. The number of nitrogens with one attached hydrogen (secondary N) is 1. The molecule has 0 amide bonds. The average molecular weight is 324 g/mol. The van der Waals surface area contributed by atoms with Crippen molar-refractivity contribution in [3.63, 3.8) is 0 Å². The van der Waals surface area contributed by atoms with Crippen molar-refractivity contribution in [1.29, 1.82) is 0 Å². The molecule has 0 saturated heterocycles. The molecule has 7 heteroatoms. The van der Waals surface area contributed by atoms with Crippen LogP contribution in [0.15, 0.2) is 41.9 Å². The fourth-order valence-electron chi connectivity index (χ4n) is 1.69. The lowest BCUT2D eigenvalue weighted by Crippen LogP contribution is -1.91. The Morgan fingerprint density at radius 2 is 1.95 bits per heavy atom. The van der Waals surface area contributed by atoms with Crippen molar-refractivity contribution in [2.75, 3.05) is 5.32 Å². The van der Waals surface area contributed by atoms with E-state index in [0.717, 1.165) is 17.8 Å². The standard InChI is InChI=1S/C14H8ClF2N3S/c15-13-4-2-9(6-18-13)19-14-20-12(7-21-14)8-1-3-10(16)11(17)5-8/h1-7H,(H,19,20). The van der Waals surface area contributed by atoms with Crippen LogP contribution in [-0.4, -0.2) is 9.97 Å². The molecule has 0 spiro atoms. The van der Waals surface area contributed by atoms with E-state index in [1.807, 2.05) is 0 Å². The molecule has 3 nitrogen and oxygen atoms in total. The molecule has 0 atom stereocenters. The lowest BCUT2D eigenvalue weighted by Gasteiger charge is -2.01. The summed E-state index contributed by atoms with van der Waals surface area (Å²) < 4.78 is 26.1. The van der Waals surface area contributed by atoms with Gasteiger partial charge in [-0.3, -0.25) is 0 Å². The van der Waals surface area contributed by atoms with E-state index >= 15 is 0 Å². The summed E-state index contributed by atoms with van der Waals surface area (Å²) in [5, 5.41) is 5.86. The zero-order valence-electron chi connectivity index (χ0n) is 10.5. The predicted molar refractivity (Wildman–Crippen MR) is 80.0 cm³/mol. The van der Waals surface area contributed by atoms with Gasteiger partial charge < -0.3 is 5.32 Å². The number of aromatic nitrogens is 2. The minimum absolute atomic E-state index is 0.405. The molecular weight excluding hydrogens is 316 g/mol. The van der Waals surface area contributed by atoms with Gasteiger partial charge >= 0.3 is 0 Å². The molecule has 21 heavy (non-hydrogen) atoms. The van der Waals surface area contributed by atoms with Crippen molar-refractivity contribution in [3.8, 4) is 11.3 Å². The molecule has 0 saturated carbocycles. The van der Waals surface area contributed by atoms with Crippen LogP contribution in [0.3, 0.4) is 0 Å². The molecule has 106 valence electrons. The highest BCUT2D eigenvalue weighted by Crippen LogP contribution is 2.28. The van der Waals surface area contributed by atoms with Crippen molar-refractivity contribution in [2.24, 2.45) is 0 Å². The summed E-state index contributed by atoms with van der Waals surface area (Å²) >= 11 is 7.06. The van der Waals surface area contributed by atoms with Gasteiger partial charge in [0.05, 0.1) is 17.6 Å². The third-order valence-corrected chi connectivity index (χ3v) is 3.68. The summed E-state index contributed by atoms with van der Waals surface area (Å²) in [7, 11) is 0. The summed E-state index contributed by atoms with van der Waals surface area (Å²) in [5.41, 5.74) is 1.83. The van der Waals surface area contributed by atoms with Gasteiger partial charge in [-0.15, -0.1) is 11.3 Å². The molecule has 0 bridgehead atoms. The highest BCUT2D eigenvalue weighted by Gasteiger charge is 2.08. The Morgan fingerprint density at radius 3 is 2.67 bits per heavy atom. The maximum atomic E-state index is 13.2. The van der Waals surface area contributed by atoms with Crippen LogP contribution in [0.5, 0.6) is 0 Å². The van der Waals surface area contributed by atoms with Gasteiger partial charge in [0.15, 0.2) is 16.8 Å². The maximum absolute atomic E-state index is 13.2. The van der Waals surface area contributed by atoms with E-state index < -0.39 is 11.6 Å². The number of halogens is 3. The lowest BCUT2D eigenvalue weighted by atomic mass is 10.2. The Morgan fingerprint density at radius 1 is 1.10 bits per heavy atom. The second-order valence-corrected chi connectivity index (χ2v) is 5.41. The van der Waals surface area contributed by atoms with Gasteiger partial charge in [-0.05, 0) is 30.3 Å². The maximum Gasteiger partial charge on any atom is 0.187 e. The molecule has 3 aromatic rings. The van der Waals surface area contributed by atoms with Gasteiger partial charge in [-0.1, -0.05) is 11.6 Å². The molecule has 2 aromatic heterocycles. The van der Waals surface area contributed by atoms with Crippen LogP contribution in [-0.2, 0) is 0 Å². The summed E-state index contributed by atoms with van der Waals surface area (Å²) in [4.78, 5) is 8.28. The van der Waals surface area contributed by atoms with E-state index in [1.165, 1.54) is 17.4 Å². The van der Waals surface area contributed by atoms with E-state index in [9.17, 15) is 8.78 Å². The molecule has 0 radical (unpaired) electrons. The molecule has 1 aromatic carbocycles. The van der Waals surface area contributed by atoms with Crippen LogP contribution in [0, 0.1) is 11.6 Å². The SMILES string of the molecule is Fc1ccc(-c2csc(Nc3ccc(Cl)nc3)n2)cc1F. The van der Waals surface area contributed by atoms with Crippen LogP contribution in [0.4, 0.5) is 19.6 Å². The quantitative estimate of drug-likeness (QED) is 0.698. The zero-order valence-corrected chi connectivity index (χ0v) is 12.1. The molecule has 0 unspecified atom stereocenters. The summed E-state index contributed by atoms with van der Waals surface area (Å²) in [6.07, 6.45) is 1.58. The van der Waals surface area contributed by atoms with E-state index in [4.69, 9.17) is 11.6 Å². The predicted octanol–water partition coefficient (Wildman–Crippen LogP) is 4.88. The zero-order chi connectivity index (χ0) is 14.8.